The zero-order valence-electron chi connectivity index (χ0n) is 11.1. The lowest BCUT2D eigenvalue weighted by Crippen LogP contribution is -2.16. The maximum absolute atomic E-state index is 12.1. The van der Waals surface area contributed by atoms with Crippen LogP contribution in [0.4, 0.5) is 5.69 Å². The highest BCUT2D eigenvalue weighted by molar-refractivity contribution is 6.04. The van der Waals surface area contributed by atoms with Crippen molar-refractivity contribution in [2.24, 2.45) is 0 Å². The van der Waals surface area contributed by atoms with Crippen LogP contribution in [-0.4, -0.2) is 29.9 Å². The highest BCUT2D eigenvalue weighted by Gasteiger charge is 2.08. The summed E-state index contributed by atoms with van der Waals surface area (Å²) in [4.78, 5) is 18.1. The molecule has 19 heavy (non-hydrogen) atoms. The van der Waals surface area contributed by atoms with Gasteiger partial charge >= 0.3 is 0 Å². The number of rotatable bonds is 4. The minimum Gasteiger partial charge on any atom is -0.322 e. The molecule has 0 aliphatic heterocycles. The molecule has 2 aromatic rings. The zero-order valence-corrected chi connectivity index (χ0v) is 11.1. The zero-order chi connectivity index (χ0) is 13.7. The minimum atomic E-state index is -0.117. The molecule has 4 heteroatoms. The van der Waals surface area contributed by atoms with E-state index in [2.05, 4.69) is 15.2 Å². The lowest BCUT2D eigenvalue weighted by molar-refractivity contribution is 0.102. The Hall–Kier alpha value is -2.20. The van der Waals surface area contributed by atoms with E-state index in [9.17, 15) is 4.79 Å². The molecule has 0 aliphatic rings. The Morgan fingerprint density at radius 3 is 2.53 bits per heavy atom. The number of carbonyl (C=O) groups is 1. The predicted molar refractivity (Wildman–Crippen MR) is 76.0 cm³/mol. The van der Waals surface area contributed by atoms with Crippen LogP contribution in [0.2, 0.25) is 0 Å². The highest BCUT2D eigenvalue weighted by atomic mass is 16.1. The molecule has 1 aromatic carbocycles. The van der Waals surface area contributed by atoms with Crippen LogP contribution in [0, 0.1) is 0 Å². The topological polar surface area (TPSA) is 45.2 Å². The SMILES string of the molecule is CN(C)Cc1ccccc1NC(=O)c1ccncc1. The van der Waals surface area contributed by atoms with Gasteiger partial charge in [-0.3, -0.25) is 9.78 Å². The molecule has 0 bridgehead atoms. The van der Waals surface area contributed by atoms with Crippen LogP contribution in [0.25, 0.3) is 0 Å². The molecule has 98 valence electrons. The summed E-state index contributed by atoms with van der Waals surface area (Å²) in [6.45, 7) is 0.785. The van der Waals surface area contributed by atoms with Crippen LogP contribution in [-0.2, 0) is 6.54 Å². The fourth-order valence-corrected chi connectivity index (χ4v) is 1.82. The normalized spacial score (nSPS) is 10.5. The quantitative estimate of drug-likeness (QED) is 0.912. The summed E-state index contributed by atoms with van der Waals surface area (Å²) in [5.41, 5.74) is 2.54. The fraction of sp³-hybridized carbons (Fsp3) is 0.200. The Morgan fingerprint density at radius 1 is 1.16 bits per heavy atom. The van der Waals surface area contributed by atoms with Crippen LogP contribution in [0.1, 0.15) is 15.9 Å². The molecular weight excluding hydrogens is 238 g/mol. The molecule has 1 amide bonds. The molecule has 0 radical (unpaired) electrons. The van der Waals surface area contributed by atoms with Crippen LogP contribution < -0.4 is 5.32 Å². The van der Waals surface area contributed by atoms with Gasteiger partial charge in [-0.1, -0.05) is 18.2 Å². The highest BCUT2D eigenvalue weighted by Crippen LogP contribution is 2.17. The third-order valence-corrected chi connectivity index (χ3v) is 2.69. The Labute approximate surface area is 113 Å². The molecule has 0 saturated heterocycles. The number of nitrogens with one attached hydrogen (secondary N) is 1. The third-order valence-electron chi connectivity index (χ3n) is 2.69. The van der Waals surface area contributed by atoms with Crippen LogP contribution >= 0.6 is 0 Å². The molecule has 4 nitrogen and oxygen atoms in total. The lowest BCUT2D eigenvalue weighted by Gasteiger charge is -2.14. The molecule has 2 rings (SSSR count). The molecule has 1 N–H and O–H groups in total. The van der Waals surface area contributed by atoms with E-state index in [0.717, 1.165) is 17.8 Å². The summed E-state index contributed by atoms with van der Waals surface area (Å²) in [6.07, 6.45) is 3.22. The first-order valence-electron chi connectivity index (χ1n) is 6.11. The molecule has 0 aliphatic carbocycles. The van der Waals surface area contributed by atoms with Crippen LogP contribution in [0.3, 0.4) is 0 Å². The van der Waals surface area contributed by atoms with Crippen molar-refractivity contribution in [1.82, 2.24) is 9.88 Å². The van der Waals surface area contributed by atoms with E-state index in [4.69, 9.17) is 0 Å². The Bertz CT molecular complexity index is 552. The fourth-order valence-electron chi connectivity index (χ4n) is 1.82. The molecule has 0 spiro atoms. The Balaban J connectivity index is 2.17. The van der Waals surface area contributed by atoms with Gasteiger partial charge < -0.3 is 10.2 Å². The second-order valence-electron chi connectivity index (χ2n) is 4.58. The first-order valence-corrected chi connectivity index (χ1v) is 6.11. The molecule has 0 fully saturated rings. The summed E-state index contributed by atoms with van der Waals surface area (Å²) in [6, 6.07) is 11.2. The Kier molecular flexibility index (Phi) is 4.26. The van der Waals surface area contributed by atoms with E-state index in [0.29, 0.717) is 5.56 Å². The van der Waals surface area contributed by atoms with Crippen molar-refractivity contribution in [3.63, 3.8) is 0 Å². The van der Waals surface area contributed by atoms with E-state index in [1.807, 2.05) is 38.4 Å². The number of para-hydroxylation sites is 1. The first kappa shape index (κ1) is 13.2. The number of benzene rings is 1. The summed E-state index contributed by atoms with van der Waals surface area (Å²) in [7, 11) is 4.00. The number of pyridine rings is 1. The molecular formula is C15H17N3O. The molecule has 1 heterocycles. The van der Waals surface area contributed by atoms with Gasteiger partial charge in [-0.15, -0.1) is 0 Å². The number of nitrogens with zero attached hydrogens (tertiary/aromatic N) is 2. The maximum atomic E-state index is 12.1. The van der Waals surface area contributed by atoms with Gasteiger partial charge in [-0.25, -0.2) is 0 Å². The number of aromatic nitrogens is 1. The number of amides is 1. The standard InChI is InChI=1S/C15H17N3O/c1-18(2)11-13-5-3-4-6-14(13)17-15(19)12-7-9-16-10-8-12/h3-10H,11H2,1-2H3,(H,17,19). The number of hydrogen-bond acceptors (Lipinski definition) is 3. The summed E-state index contributed by atoms with van der Waals surface area (Å²) in [5.74, 6) is -0.117. The second-order valence-corrected chi connectivity index (χ2v) is 4.58. The average Bonchev–Trinajstić information content (AvgIpc) is 2.41. The van der Waals surface area contributed by atoms with Crippen molar-refractivity contribution in [3.05, 3.63) is 59.9 Å². The van der Waals surface area contributed by atoms with Crippen molar-refractivity contribution in [2.75, 3.05) is 19.4 Å². The number of carbonyl (C=O) groups excluding carboxylic acids is 1. The van der Waals surface area contributed by atoms with Gasteiger partial charge in [-0.2, -0.15) is 0 Å². The summed E-state index contributed by atoms with van der Waals surface area (Å²) >= 11 is 0. The van der Waals surface area contributed by atoms with E-state index in [-0.39, 0.29) is 5.91 Å². The van der Waals surface area contributed by atoms with E-state index < -0.39 is 0 Å². The van der Waals surface area contributed by atoms with Gasteiger partial charge in [0.15, 0.2) is 0 Å². The summed E-state index contributed by atoms with van der Waals surface area (Å²) in [5, 5.41) is 2.94. The van der Waals surface area contributed by atoms with E-state index in [1.54, 1.807) is 24.5 Å². The predicted octanol–water partition coefficient (Wildman–Crippen LogP) is 2.40. The van der Waals surface area contributed by atoms with Crippen LogP contribution in [0.5, 0.6) is 0 Å². The molecule has 0 unspecified atom stereocenters. The Morgan fingerprint density at radius 2 is 1.84 bits per heavy atom. The third kappa shape index (κ3) is 3.63. The molecule has 0 saturated carbocycles. The van der Waals surface area contributed by atoms with Gasteiger partial charge in [0.2, 0.25) is 0 Å². The molecule has 1 aromatic heterocycles. The minimum absolute atomic E-state index is 0.117. The average molecular weight is 255 g/mol. The molecule has 0 atom stereocenters. The van der Waals surface area contributed by atoms with Crippen LogP contribution in [0.15, 0.2) is 48.8 Å². The van der Waals surface area contributed by atoms with Gasteiger partial charge in [0.1, 0.15) is 0 Å². The van der Waals surface area contributed by atoms with Gasteiger partial charge in [-0.05, 0) is 37.9 Å². The van der Waals surface area contributed by atoms with Crippen molar-refractivity contribution in [3.8, 4) is 0 Å². The lowest BCUT2D eigenvalue weighted by atomic mass is 10.1. The maximum Gasteiger partial charge on any atom is 0.255 e. The number of hydrogen-bond donors (Lipinski definition) is 1. The first-order chi connectivity index (χ1) is 9.16. The van der Waals surface area contributed by atoms with Crippen molar-refractivity contribution in [1.29, 1.82) is 0 Å². The van der Waals surface area contributed by atoms with E-state index in [1.165, 1.54) is 0 Å². The van der Waals surface area contributed by atoms with Gasteiger partial charge in [0, 0.05) is 30.2 Å². The van der Waals surface area contributed by atoms with Gasteiger partial charge in [0.25, 0.3) is 5.91 Å². The van der Waals surface area contributed by atoms with Gasteiger partial charge in [0.05, 0.1) is 0 Å². The number of anilines is 1. The monoisotopic (exact) mass is 255 g/mol. The van der Waals surface area contributed by atoms with Crippen molar-refractivity contribution < 1.29 is 4.79 Å². The summed E-state index contributed by atoms with van der Waals surface area (Å²) < 4.78 is 0. The smallest absolute Gasteiger partial charge is 0.255 e. The van der Waals surface area contributed by atoms with Crippen molar-refractivity contribution >= 4 is 11.6 Å². The second kappa shape index (κ2) is 6.11. The largest absolute Gasteiger partial charge is 0.322 e. The van der Waals surface area contributed by atoms with E-state index >= 15 is 0 Å². The van der Waals surface area contributed by atoms with Crippen molar-refractivity contribution in [2.45, 2.75) is 6.54 Å².